The molecule has 37 heavy (non-hydrogen) atoms. The van der Waals surface area contributed by atoms with Crippen LogP contribution >= 0.6 is 11.6 Å². The summed E-state index contributed by atoms with van der Waals surface area (Å²) in [6, 6.07) is 22.0. The highest BCUT2D eigenvalue weighted by Crippen LogP contribution is 2.28. The quantitative estimate of drug-likeness (QED) is 0.236. The van der Waals surface area contributed by atoms with Crippen LogP contribution in [0.25, 0.3) is 17.0 Å². The summed E-state index contributed by atoms with van der Waals surface area (Å²) in [6.07, 6.45) is 4.45. The van der Waals surface area contributed by atoms with E-state index in [2.05, 4.69) is 23.7 Å². The number of aromatic nitrogens is 1. The molecule has 0 bridgehead atoms. The third kappa shape index (κ3) is 4.80. The molecule has 186 valence electrons. The number of carbonyl (C=O) groups is 3. The molecule has 7 heteroatoms. The van der Waals surface area contributed by atoms with Crippen LogP contribution < -0.4 is 10.2 Å². The molecular weight excluding hydrogens is 486 g/mol. The first-order valence-electron chi connectivity index (χ1n) is 12.2. The highest BCUT2D eigenvalue weighted by Gasteiger charge is 2.37. The van der Waals surface area contributed by atoms with Crippen LogP contribution in [0.2, 0.25) is 5.02 Å². The first-order chi connectivity index (χ1) is 17.9. The van der Waals surface area contributed by atoms with Crippen LogP contribution in [0.15, 0.2) is 84.6 Å². The third-order valence-electron chi connectivity index (χ3n) is 6.82. The maximum Gasteiger partial charge on any atom is 0.335 e. The molecular formula is C30H26ClN3O3. The number of hydrogen-bond acceptors (Lipinski definition) is 3. The summed E-state index contributed by atoms with van der Waals surface area (Å²) in [5.41, 5.74) is 4.18. The fraction of sp³-hybridized carbons (Fsp3) is 0.167. The maximum absolute atomic E-state index is 13.4. The molecule has 1 fully saturated rings. The summed E-state index contributed by atoms with van der Waals surface area (Å²) >= 11 is 6.03. The number of urea groups is 1. The van der Waals surface area contributed by atoms with Gasteiger partial charge in [0.05, 0.1) is 5.69 Å². The van der Waals surface area contributed by atoms with E-state index in [0.717, 1.165) is 33.4 Å². The van der Waals surface area contributed by atoms with Gasteiger partial charge in [0, 0.05) is 34.2 Å². The Balaban J connectivity index is 1.51. The van der Waals surface area contributed by atoms with Gasteiger partial charge in [-0.15, -0.1) is 0 Å². The van der Waals surface area contributed by atoms with Crippen LogP contribution in [0, 0.1) is 0 Å². The van der Waals surface area contributed by atoms with Gasteiger partial charge in [-0.1, -0.05) is 67.9 Å². The first kappa shape index (κ1) is 24.5. The summed E-state index contributed by atoms with van der Waals surface area (Å²) in [6.45, 7) is 4.82. The Morgan fingerprint density at radius 1 is 0.946 bits per heavy atom. The van der Waals surface area contributed by atoms with E-state index in [1.807, 2.05) is 66.9 Å². The van der Waals surface area contributed by atoms with E-state index >= 15 is 0 Å². The second kappa shape index (κ2) is 10.1. The Labute approximate surface area is 220 Å². The molecule has 0 radical (unpaired) electrons. The zero-order valence-corrected chi connectivity index (χ0v) is 21.3. The lowest BCUT2D eigenvalue weighted by Crippen LogP contribution is -2.54. The van der Waals surface area contributed by atoms with E-state index in [0.29, 0.717) is 28.7 Å². The number of imide groups is 2. The smallest absolute Gasteiger partial charge is 0.335 e. The standard InChI is InChI=1S/C30H26ClN3O3/c1-3-19(2)21-10-14-24(15-11-21)34-29(36)26(28(35)32-30(34)37)16-22-18-33(27-7-5-4-6-25(22)27)17-20-8-12-23(31)13-9-20/h4-16,18-19H,3,17H2,1-2H3,(H,32,35,37)/b26-16-/t19-/m1/s1. The van der Waals surface area contributed by atoms with Crippen molar-refractivity contribution in [2.45, 2.75) is 32.7 Å². The summed E-state index contributed by atoms with van der Waals surface area (Å²) in [4.78, 5) is 39.9. The molecule has 5 rings (SSSR count). The Morgan fingerprint density at radius 2 is 1.65 bits per heavy atom. The van der Waals surface area contributed by atoms with Crippen LogP contribution in [0.4, 0.5) is 10.5 Å². The number of carbonyl (C=O) groups excluding carboxylic acids is 3. The van der Waals surface area contributed by atoms with E-state index in [1.165, 1.54) is 0 Å². The number of fused-ring (bicyclic) bond motifs is 1. The van der Waals surface area contributed by atoms with E-state index in [1.54, 1.807) is 18.2 Å². The predicted molar refractivity (Wildman–Crippen MR) is 147 cm³/mol. The minimum absolute atomic E-state index is 0.0972. The Morgan fingerprint density at radius 3 is 2.35 bits per heavy atom. The van der Waals surface area contributed by atoms with E-state index < -0.39 is 17.8 Å². The van der Waals surface area contributed by atoms with Gasteiger partial charge in [0.25, 0.3) is 11.8 Å². The van der Waals surface area contributed by atoms with Gasteiger partial charge in [0.2, 0.25) is 0 Å². The summed E-state index contributed by atoms with van der Waals surface area (Å²) in [5.74, 6) is -1.00. The SMILES string of the molecule is CC[C@@H](C)c1ccc(N2C(=O)NC(=O)/C(=C/c3cn(Cc4ccc(Cl)cc4)c4ccccc34)C2=O)cc1. The number of halogens is 1. The summed E-state index contributed by atoms with van der Waals surface area (Å²) in [5, 5.41) is 3.88. The molecule has 1 atom stereocenters. The molecule has 3 aromatic carbocycles. The van der Waals surface area contributed by atoms with Crippen molar-refractivity contribution in [1.82, 2.24) is 9.88 Å². The molecule has 0 unspecified atom stereocenters. The molecule has 1 aromatic heterocycles. The van der Waals surface area contributed by atoms with E-state index in [9.17, 15) is 14.4 Å². The van der Waals surface area contributed by atoms with Crippen LogP contribution in [-0.2, 0) is 16.1 Å². The van der Waals surface area contributed by atoms with Crippen LogP contribution in [-0.4, -0.2) is 22.4 Å². The molecule has 0 spiro atoms. The normalized spacial score (nSPS) is 15.9. The lowest BCUT2D eigenvalue weighted by Gasteiger charge is -2.26. The van der Waals surface area contributed by atoms with Crippen LogP contribution in [0.1, 0.15) is 42.9 Å². The van der Waals surface area contributed by atoms with Crippen molar-refractivity contribution >= 4 is 52.1 Å². The van der Waals surface area contributed by atoms with Crippen LogP contribution in [0.3, 0.4) is 0 Å². The predicted octanol–water partition coefficient (Wildman–Crippen LogP) is 6.52. The molecule has 0 aliphatic carbocycles. The minimum Gasteiger partial charge on any atom is -0.342 e. The van der Waals surface area contributed by atoms with Gasteiger partial charge in [-0.25, -0.2) is 9.69 Å². The molecule has 1 saturated heterocycles. The number of nitrogens with one attached hydrogen (secondary N) is 1. The van der Waals surface area contributed by atoms with Crippen molar-refractivity contribution in [2.75, 3.05) is 4.90 Å². The number of para-hydroxylation sites is 1. The Bertz CT molecular complexity index is 1530. The molecule has 4 amide bonds. The van der Waals surface area contributed by atoms with Crippen molar-refractivity contribution in [1.29, 1.82) is 0 Å². The number of rotatable bonds is 6. The zero-order chi connectivity index (χ0) is 26.1. The first-order valence-corrected chi connectivity index (χ1v) is 12.6. The summed E-state index contributed by atoms with van der Waals surface area (Å²) < 4.78 is 2.06. The molecule has 6 nitrogen and oxygen atoms in total. The minimum atomic E-state index is -0.756. The van der Waals surface area contributed by atoms with Gasteiger partial charge >= 0.3 is 6.03 Å². The average Bonchev–Trinajstić information content (AvgIpc) is 3.24. The van der Waals surface area contributed by atoms with Crippen molar-refractivity contribution in [2.24, 2.45) is 0 Å². The number of barbiturate groups is 1. The fourth-order valence-electron chi connectivity index (χ4n) is 4.54. The molecule has 1 aliphatic rings. The third-order valence-corrected chi connectivity index (χ3v) is 7.07. The van der Waals surface area contributed by atoms with Crippen molar-refractivity contribution < 1.29 is 14.4 Å². The second-order valence-electron chi connectivity index (χ2n) is 9.21. The largest absolute Gasteiger partial charge is 0.342 e. The zero-order valence-electron chi connectivity index (χ0n) is 20.6. The Kier molecular flexibility index (Phi) is 6.68. The van der Waals surface area contributed by atoms with Gasteiger partial charge in [-0.3, -0.25) is 14.9 Å². The summed E-state index contributed by atoms with van der Waals surface area (Å²) in [7, 11) is 0. The Hall–Kier alpha value is -4.16. The number of anilines is 1. The molecule has 1 N–H and O–H groups in total. The number of amides is 4. The monoisotopic (exact) mass is 511 g/mol. The molecule has 0 saturated carbocycles. The maximum atomic E-state index is 13.4. The number of nitrogens with zero attached hydrogens (tertiary/aromatic N) is 2. The molecule has 1 aliphatic heterocycles. The topological polar surface area (TPSA) is 71.4 Å². The van der Waals surface area contributed by atoms with Gasteiger partial charge in [-0.05, 0) is 59.9 Å². The lowest BCUT2D eigenvalue weighted by atomic mass is 9.98. The highest BCUT2D eigenvalue weighted by atomic mass is 35.5. The van der Waals surface area contributed by atoms with Crippen LogP contribution in [0.5, 0.6) is 0 Å². The van der Waals surface area contributed by atoms with E-state index in [4.69, 9.17) is 11.6 Å². The van der Waals surface area contributed by atoms with Crippen molar-refractivity contribution in [3.8, 4) is 0 Å². The second-order valence-corrected chi connectivity index (χ2v) is 9.65. The number of hydrogen-bond donors (Lipinski definition) is 1. The average molecular weight is 512 g/mol. The molecule has 4 aromatic rings. The fourth-order valence-corrected chi connectivity index (χ4v) is 4.67. The lowest BCUT2D eigenvalue weighted by molar-refractivity contribution is -0.122. The van der Waals surface area contributed by atoms with Gasteiger partial charge < -0.3 is 4.57 Å². The highest BCUT2D eigenvalue weighted by molar-refractivity contribution is 6.39. The molecule has 2 heterocycles. The number of benzene rings is 3. The van der Waals surface area contributed by atoms with Crippen molar-refractivity contribution in [3.63, 3.8) is 0 Å². The van der Waals surface area contributed by atoms with Gasteiger partial charge in [0.1, 0.15) is 5.57 Å². The van der Waals surface area contributed by atoms with Gasteiger partial charge in [0.15, 0.2) is 0 Å². The van der Waals surface area contributed by atoms with E-state index in [-0.39, 0.29) is 5.57 Å². The van der Waals surface area contributed by atoms with Gasteiger partial charge in [-0.2, -0.15) is 0 Å². The van der Waals surface area contributed by atoms with Crippen molar-refractivity contribution in [3.05, 3.63) is 106 Å².